The fraction of sp³-hybridized carbons (Fsp3) is 0.604. The van der Waals surface area contributed by atoms with Crippen molar-refractivity contribution >= 4 is 5.91 Å². The Hall–Kier alpha value is -3.21. The molecule has 57 heavy (non-hydrogen) atoms. The Morgan fingerprint density at radius 2 is 0.789 bits per heavy atom. The van der Waals surface area contributed by atoms with Gasteiger partial charge >= 0.3 is 0 Å². The van der Waals surface area contributed by atoms with Gasteiger partial charge in [-0.1, -0.05) is 206 Å². The molecule has 1 amide bonds. The van der Waals surface area contributed by atoms with Gasteiger partial charge in [-0.25, -0.2) is 0 Å². The summed E-state index contributed by atoms with van der Waals surface area (Å²) in [5, 5.41) is 23.0. The standard InChI is InChI=1S/C53H87NO3/c1-3-5-7-9-11-13-15-17-19-20-21-22-23-24-25-26-27-28-29-30-31-32-33-34-35-37-39-41-43-45-47-49-53(57)54-51(50-55)52(56)48-46-44-42-40-38-36-18-16-14-12-10-8-6-4-2/h5,7,11,13,17,19,21-22,24-25,27-28,30-31,33-34,38,40,46,48,51-52,55-56H,3-4,6,8-10,12,14-16,18,20,23,26,29,32,35-37,39,41-45,47,49-50H2,1-2H3,(H,54,57)/b7-5-,13-11-,19-17-,22-21-,25-24-,28-27-,31-30-,34-33-,40-38+,48-46+. The second-order valence-electron chi connectivity index (χ2n) is 15.1. The van der Waals surface area contributed by atoms with Gasteiger partial charge in [0.25, 0.3) is 0 Å². The van der Waals surface area contributed by atoms with Gasteiger partial charge in [0.05, 0.1) is 18.8 Å². The minimum atomic E-state index is -0.876. The molecule has 0 spiro atoms. The third-order valence-electron chi connectivity index (χ3n) is 9.68. The second-order valence-corrected chi connectivity index (χ2v) is 15.1. The predicted molar refractivity (Wildman–Crippen MR) is 252 cm³/mol. The summed E-state index contributed by atoms with van der Waals surface area (Å²) in [7, 11) is 0. The van der Waals surface area contributed by atoms with Crippen molar-refractivity contribution in [2.45, 2.75) is 199 Å². The van der Waals surface area contributed by atoms with Crippen LogP contribution in [0.15, 0.2) is 122 Å². The molecule has 0 fully saturated rings. The number of amides is 1. The van der Waals surface area contributed by atoms with Gasteiger partial charge in [-0.15, -0.1) is 0 Å². The summed E-state index contributed by atoms with van der Waals surface area (Å²) in [4.78, 5) is 12.4. The van der Waals surface area contributed by atoms with E-state index in [2.05, 4.69) is 129 Å². The molecule has 0 radical (unpaired) electrons. The summed E-state index contributed by atoms with van der Waals surface area (Å²) >= 11 is 0. The highest BCUT2D eigenvalue weighted by atomic mass is 16.3. The Bertz CT molecular complexity index is 1160. The van der Waals surface area contributed by atoms with Crippen LogP contribution in [-0.4, -0.2) is 34.9 Å². The predicted octanol–water partition coefficient (Wildman–Crippen LogP) is 15.0. The molecule has 322 valence electrons. The van der Waals surface area contributed by atoms with Crippen molar-refractivity contribution in [3.8, 4) is 0 Å². The lowest BCUT2D eigenvalue weighted by atomic mass is 10.1. The molecule has 0 aromatic heterocycles. The monoisotopic (exact) mass is 786 g/mol. The first-order chi connectivity index (χ1) is 28.2. The lowest BCUT2D eigenvalue weighted by molar-refractivity contribution is -0.123. The van der Waals surface area contributed by atoms with E-state index >= 15 is 0 Å². The lowest BCUT2D eigenvalue weighted by Crippen LogP contribution is -2.45. The number of allylic oxidation sites excluding steroid dienone is 19. The molecular weight excluding hydrogens is 699 g/mol. The Kier molecular flexibility index (Phi) is 44.5. The number of hydrogen-bond donors (Lipinski definition) is 3. The molecule has 0 aromatic rings. The molecule has 0 saturated carbocycles. The van der Waals surface area contributed by atoms with Gasteiger partial charge in [-0.05, 0) is 96.3 Å². The van der Waals surface area contributed by atoms with Crippen LogP contribution in [0.1, 0.15) is 187 Å². The average molecular weight is 786 g/mol. The van der Waals surface area contributed by atoms with Crippen molar-refractivity contribution in [2.75, 3.05) is 6.61 Å². The highest BCUT2D eigenvalue weighted by Crippen LogP contribution is 2.11. The first kappa shape index (κ1) is 53.8. The van der Waals surface area contributed by atoms with Crippen LogP contribution in [0.25, 0.3) is 0 Å². The highest BCUT2D eigenvalue weighted by molar-refractivity contribution is 5.76. The van der Waals surface area contributed by atoms with Crippen molar-refractivity contribution in [2.24, 2.45) is 0 Å². The van der Waals surface area contributed by atoms with Gasteiger partial charge in [0.2, 0.25) is 5.91 Å². The maximum Gasteiger partial charge on any atom is 0.220 e. The molecular formula is C53H87NO3. The summed E-state index contributed by atoms with van der Waals surface area (Å²) in [6.45, 7) is 4.15. The van der Waals surface area contributed by atoms with Crippen LogP contribution in [0, 0.1) is 0 Å². The van der Waals surface area contributed by atoms with Crippen molar-refractivity contribution < 1.29 is 15.0 Å². The molecule has 0 saturated heterocycles. The minimum Gasteiger partial charge on any atom is -0.394 e. The zero-order valence-corrected chi connectivity index (χ0v) is 36.8. The largest absolute Gasteiger partial charge is 0.394 e. The smallest absolute Gasteiger partial charge is 0.220 e. The van der Waals surface area contributed by atoms with Gasteiger partial charge in [0.1, 0.15) is 0 Å². The number of rotatable bonds is 40. The summed E-state index contributed by atoms with van der Waals surface area (Å²) in [5.41, 5.74) is 0. The molecule has 4 nitrogen and oxygen atoms in total. The van der Waals surface area contributed by atoms with Crippen LogP contribution in [0.2, 0.25) is 0 Å². The molecule has 0 heterocycles. The zero-order chi connectivity index (χ0) is 41.4. The van der Waals surface area contributed by atoms with Crippen LogP contribution < -0.4 is 5.32 Å². The Morgan fingerprint density at radius 3 is 1.23 bits per heavy atom. The quantitative estimate of drug-likeness (QED) is 0.0428. The van der Waals surface area contributed by atoms with Gasteiger partial charge in [0, 0.05) is 6.42 Å². The number of carbonyl (C=O) groups is 1. The molecule has 0 aliphatic rings. The van der Waals surface area contributed by atoms with E-state index in [0.717, 1.165) is 96.3 Å². The summed E-state index contributed by atoms with van der Waals surface area (Å²) in [6.07, 6.45) is 73.1. The van der Waals surface area contributed by atoms with Crippen molar-refractivity contribution in [1.82, 2.24) is 5.32 Å². The summed E-state index contributed by atoms with van der Waals surface area (Å²) in [6, 6.07) is -0.655. The number of carbonyl (C=O) groups excluding carboxylic acids is 1. The summed E-state index contributed by atoms with van der Waals surface area (Å²) < 4.78 is 0. The van der Waals surface area contributed by atoms with Crippen molar-refractivity contribution in [1.29, 1.82) is 0 Å². The second kappa shape index (κ2) is 47.2. The fourth-order valence-corrected chi connectivity index (χ4v) is 6.15. The van der Waals surface area contributed by atoms with Gasteiger partial charge in [-0.3, -0.25) is 4.79 Å². The van der Waals surface area contributed by atoms with E-state index in [0.29, 0.717) is 6.42 Å². The van der Waals surface area contributed by atoms with Crippen LogP contribution in [0.4, 0.5) is 0 Å². The van der Waals surface area contributed by atoms with E-state index in [1.807, 2.05) is 6.08 Å². The number of nitrogens with one attached hydrogen (secondary N) is 1. The van der Waals surface area contributed by atoms with Crippen LogP contribution in [-0.2, 0) is 4.79 Å². The number of aliphatic hydroxyl groups excluding tert-OH is 2. The fourth-order valence-electron chi connectivity index (χ4n) is 6.15. The molecule has 0 aliphatic carbocycles. The molecule has 2 unspecified atom stereocenters. The van der Waals surface area contributed by atoms with E-state index < -0.39 is 12.1 Å². The molecule has 0 bridgehead atoms. The normalized spacial score (nSPS) is 14.1. The molecule has 0 rings (SSSR count). The van der Waals surface area contributed by atoms with E-state index in [1.54, 1.807) is 6.08 Å². The third kappa shape index (κ3) is 43.8. The maximum absolute atomic E-state index is 12.4. The van der Waals surface area contributed by atoms with Crippen molar-refractivity contribution in [3.05, 3.63) is 122 Å². The van der Waals surface area contributed by atoms with Gasteiger partial charge in [-0.2, -0.15) is 0 Å². The summed E-state index contributed by atoms with van der Waals surface area (Å²) in [5.74, 6) is -0.0954. The molecule has 2 atom stereocenters. The Morgan fingerprint density at radius 1 is 0.439 bits per heavy atom. The highest BCUT2D eigenvalue weighted by Gasteiger charge is 2.17. The van der Waals surface area contributed by atoms with Gasteiger partial charge in [0.15, 0.2) is 0 Å². The molecule has 0 aliphatic heterocycles. The third-order valence-corrected chi connectivity index (χ3v) is 9.68. The maximum atomic E-state index is 12.4. The van der Waals surface area contributed by atoms with Gasteiger partial charge < -0.3 is 15.5 Å². The minimum absolute atomic E-state index is 0.0954. The van der Waals surface area contributed by atoms with Crippen LogP contribution in [0.5, 0.6) is 0 Å². The number of hydrogen-bond acceptors (Lipinski definition) is 3. The number of aliphatic hydroxyl groups is 2. The Balaban J connectivity index is 3.71. The SMILES string of the molecule is CC/C=C\C/C=C\C/C=C\C/C=C\C/C=C\C/C=C\C/C=C\C/C=C\CCCCCCCCC(=O)NC(CO)C(O)/C=C/CC/C=C/CCCCCCCCCC. The lowest BCUT2D eigenvalue weighted by Gasteiger charge is -2.19. The van der Waals surface area contributed by atoms with E-state index in [-0.39, 0.29) is 12.5 Å². The zero-order valence-electron chi connectivity index (χ0n) is 36.8. The van der Waals surface area contributed by atoms with Crippen LogP contribution in [0.3, 0.4) is 0 Å². The van der Waals surface area contributed by atoms with E-state index in [4.69, 9.17) is 0 Å². The molecule has 4 heteroatoms. The molecule has 0 aromatic carbocycles. The van der Waals surface area contributed by atoms with Crippen LogP contribution >= 0.6 is 0 Å². The van der Waals surface area contributed by atoms with E-state index in [9.17, 15) is 15.0 Å². The van der Waals surface area contributed by atoms with Crippen molar-refractivity contribution in [3.63, 3.8) is 0 Å². The Labute approximate surface area is 352 Å². The molecule has 3 N–H and O–H groups in total. The topological polar surface area (TPSA) is 69.6 Å². The number of unbranched alkanes of at least 4 members (excludes halogenated alkanes) is 15. The first-order valence-electron chi connectivity index (χ1n) is 23.2. The van der Waals surface area contributed by atoms with E-state index in [1.165, 1.54) is 70.6 Å². The first-order valence-corrected chi connectivity index (χ1v) is 23.2. The average Bonchev–Trinajstić information content (AvgIpc) is 3.22.